The number of amides is 2. The van der Waals surface area contributed by atoms with Crippen molar-refractivity contribution in [3.63, 3.8) is 0 Å². The smallest absolute Gasteiger partial charge is 0.234 e. The fourth-order valence-electron chi connectivity index (χ4n) is 3.90. The van der Waals surface area contributed by atoms with E-state index in [1.54, 1.807) is 19.4 Å². The Morgan fingerprint density at radius 1 is 1.40 bits per heavy atom. The van der Waals surface area contributed by atoms with Crippen LogP contribution in [0.2, 0.25) is 0 Å². The van der Waals surface area contributed by atoms with Crippen LogP contribution in [0.1, 0.15) is 25.0 Å². The van der Waals surface area contributed by atoms with Crippen LogP contribution < -0.4 is 5.32 Å². The van der Waals surface area contributed by atoms with Gasteiger partial charge in [0.2, 0.25) is 11.8 Å². The Bertz CT molecular complexity index is 589. The fraction of sp³-hybridized carbons (Fsp3) is 0.667. The Kier molecular flexibility index (Phi) is 5.75. The molecule has 25 heavy (non-hydrogen) atoms. The van der Waals surface area contributed by atoms with Crippen molar-refractivity contribution in [2.75, 3.05) is 46.4 Å². The third kappa shape index (κ3) is 4.22. The van der Waals surface area contributed by atoms with Crippen molar-refractivity contribution in [3.8, 4) is 0 Å². The molecule has 2 aliphatic heterocycles. The van der Waals surface area contributed by atoms with Crippen LogP contribution in [-0.4, -0.2) is 68.1 Å². The first-order valence-corrected chi connectivity index (χ1v) is 8.93. The summed E-state index contributed by atoms with van der Waals surface area (Å²) in [5.41, 5.74) is -0.312. The molecule has 0 aromatic carbocycles. The molecule has 1 atom stereocenters. The number of ether oxygens (including phenoxy) is 1. The minimum atomic E-state index is -0.312. The highest BCUT2D eigenvalue weighted by atomic mass is 16.5. The summed E-state index contributed by atoms with van der Waals surface area (Å²) in [6.07, 6.45) is 4.37. The molecule has 7 heteroatoms. The molecule has 2 fully saturated rings. The standard InChI is InChI=1S/C18H27N3O4/c1-24-11-9-21-7-3-5-18(17(21)23)6-8-20(14-18)13-16(22)19-12-15-4-2-10-25-15/h2,4,10H,3,5-9,11-14H2,1H3,(H,19,22)/t18-/m0/s1. The van der Waals surface area contributed by atoms with Gasteiger partial charge in [0.25, 0.3) is 0 Å². The predicted octanol–water partition coefficient (Wildman–Crippen LogP) is 0.857. The lowest BCUT2D eigenvalue weighted by Crippen LogP contribution is -2.51. The lowest BCUT2D eigenvalue weighted by molar-refractivity contribution is -0.146. The highest BCUT2D eigenvalue weighted by molar-refractivity contribution is 5.84. The maximum Gasteiger partial charge on any atom is 0.234 e. The Morgan fingerprint density at radius 2 is 2.28 bits per heavy atom. The van der Waals surface area contributed by atoms with E-state index in [2.05, 4.69) is 10.2 Å². The zero-order valence-corrected chi connectivity index (χ0v) is 14.8. The van der Waals surface area contributed by atoms with Crippen LogP contribution in [0.25, 0.3) is 0 Å². The molecule has 0 bridgehead atoms. The first-order valence-electron chi connectivity index (χ1n) is 8.93. The third-order valence-electron chi connectivity index (χ3n) is 5.23. The molecule has 2 aliphatic rings. The number of methoxy groups -OCH3 is 1. The van der Waals surface area contributed by atoms with Gasteiger partial charge in [0.15, 0.2) is 0 Å². The Hall–Kier alpha value is -1.86. The van der Waals surface area contributed by atoms with Gasteiger partial charge in [-0.25, -0.2) is 0 Å². The number of carbonyl (C=O) groups is 2. The van der Waals surface area contributed by atoms with Crippen LogP contribution in [0.5, 0.6) is 0 Å². The van der Waals surface area contributed by atoms with Crippen molar-refractivity contribution >= 4 is 11.8 Å². The van der Waals surface area contributed by atoms with Gasteiger partial charge in [-0.2, -0.15) is 0 Å². The molecule has 1 aromatic heterocycles. The number of nitrogens with one attached hydrogen (secondary N) is 1. The monoisotopic (exact) mass is 349 g/mol. The molecule has 1 spiro atoms. The summed E-state index contributed by atoms with van der Waals surface area (Å²) in [6.45, 7) is 4.22. The average molecular weight is 349 g/mol. The minimum absolute atomic E-state index is 0.0343. The molecular formula is C18H27N3O4. The number of rotatable bonds is 7. The molecule has 1 N–H and O–H groups in total. The minimum Gasteiger partial charge on any atom is -0.467 e. The van der Waals surface area contributed by atoms with Crippen molar-refractivity contribution in [2.45, 2.75) is 25.8 Å². The second-order valence-corrected chi connectivity index (χ2v) is 6.99. The van der Waals surface area contributed by atoms with Gasteiger partial charge in [-0.15, -0.1) is 0 Å². The van der Waals surface area contributed by atoms with Crippen molar-refractivity contribution < 1.29 is 18.7 Å². The van der Waals surface area contributed by atoms with E-state index in [0.717, 1.165) is 38.1 Å². The molecule has 2 amide bonds. The normalized spacial score (nSPS) is 24.2. The molecule has 0 saturated carbocycles. The predicted molar refractivity (Wildman–Crippen MR) is 91.7 cm³/mol. The quantitative estimate of drug-likeness (QED) is 0.790. The molecule has 0 radical (unpaired) electrons. The van der Waals surface area contributed by atoms with Gasteiger partial charge < -0.3 is 19.4 Å². The van der Waals surface area contributed by atoms with E-state index < -0.39 is 0 Å². The topological polar surface area (TPSA) is 75.0 Å². The lowest BCUT2D eigenvalue weighted by atomic mass is 9.78. The number of likely N-dealkylation sites (tertiary alicyclic amines) is 2. The zero-order valence-electron chi connectivity index (χ0n) is 14.8. The molecule has 3 heterocycles. The molecular weight excluding hydrogens is 322 g/mol. The summed E-state index contributed by atoms with van der Waals surface area (Å²) in [5.74, 6) is 0.935. The van der Waals surface area contributed by atoms with Gasteiger partial charge in [-0.05, 0) is 37.9 Å². The Morgan fingerprint density at radius 3 is 3.04 bits per heavy atom. The highest BCUT2D eigenvalue weighted by Crippen LogP contribution is 2.39. The van der Waals surface area contributed by atoms with E-state index in [-0.39, 0.29) is 17.2 Å². The van der Waals surface area contributed by atoms with Gasteiger partial charge in [0.1, 0.15) is 5.76 Å². The van der Waals surface area contributed by atoms with Crippen LogP contribution in [0, 0.1) is 5.41 Å². The molecule has 3 rings (SSSR count). The maximum absolute atomic E-state index is 12.9. The van der Waals surface area contributed by atoms with E-state index in [1.807, 2.05) is 11.0 Å². The van der Waals surface area contributed by atoms with Crippen LogP contribution in [0.4, 0.5) is 0 Å². The first-order chi connectivity index (χ1) is 12.1. The highest BCUT2D eigenvalue weighted by Gasteiger charge is 2.48. The Labute approximate surface area is 148 Å². The number of nitrogens with zero attached hydrogens (tertiary/aromatic N) is 2. The number of furan rings is 1. The second-order valence-electron chi connectivity index (χ2n) is 6.99. The molecule has 138 valence electrons. The number of hydrogen-bond donors (Lipinski definition) is 1. The van der Waals surface area contributed by atoms with Crippen molar-refractivity contribution in [2.24, 2.45) is 5.41 Å². The SMILES string of the molecule is COCCN1CCC[C@@]2(CCN(CC(=O)NCc3ccco3)C2)C1=O. The van der Waals surface area contributed by atoms with Gasteiger partial charge in [0, 0.05) is 26.7 Å². The van der Waals surface area contributed by atoms with Crippen molar-refractivity contribution in [3.05, 3.63) is 24.2 Å². The third-order valence-corrected chi connectivity index (χ3v) is 5.23. The molecule has 2 saturated heterocycles. The zero-order chi connectivity index (χ0) is 17.7. The molecule has 7 nitrogen and oxygen atoms in total. The van der Waals surface area contributed by atoms with Gasteiger partial charge >= 0.3 is 0 Å². The van der Waals surface area contributed by atoms with E-state index in [1.165, 1.54) is 0 Å². The van der Waals surface area contributed by atoms with Crippen LogP contribution in [0.15, 0.2) is 22.8 Å². The van der Waals surface area contributed by atoms with E-state index in [0.29, 0.717) is 32.8 Å². The van der Waals surface area contributed by atoms with Gasteiger partial charge in [-0.3, -0.25) is 14.5 Å². The van der Waals surface area contributed by atoms with Crippen LogP contribution >= 0.6 is 0 Å². The second kappa shape index (κ2) is 8.01. The fourth-order valence-corrected chi connectivity index (χ4v) is 3.90. The van der Waals surface area contributed by atoms with Crippen LogP contribution in [0.3, 0.4) is 0 Å². The summed E-state index contributed by atoms with van der Waals surface area (Å²) < 4.78 is 10.3. The van der Waals surface area contributed by atoms with Gasteiger partial charge in [0.05, 0.1) is 31.4 Å². The van der Waals surface area contributed by atoms with E-state index >= 15 is 0 Å². The summed E-state index contributed by atoms with van der Waals surface area (Å²) in [4.78, 5) is 29.1. The number of carbonyl (C=O) groups excluding carboxylic acids is 2. The molecule has 0 aliphatic carbocycles. The summed E-state index contributed by atoms with van der Waals surface area (Å²) in [6, 6.07) is 3.64. The number of hydrogen-bond acceptors (Lipinski definition) is 5. The number of piperidine rings is 1. The lowest BCUT2D eigenvalue weighted by Gasteiger charge is -2.39. The summed E-state index contributed by atoms with van der Waals surface area (Å²) in [5, 5.41) is 2.86. The summed E-state index contributed by atoms with van der Waals surface area (Å²) >= 11 is 0. The maximum atomic E-state index is 12.9. The van der Waals surface area contributed by atoms with Crippen molar-refractivity contribution in [1.82, 2.24) is 15.1 Å². The average Bonchev–Trinajstić information content (AvgIpc) is 3.25. The molecule has 0 unspecified atom stereocenters. The van der Waals surface area contributed by atoms with E-state index in [9.17, 15) is 9.59 Å². The summed E-state index contributed by atoms with van der Waals surface area (Å²) in [7, 11) is 1.66. The molecule has 1 aromatic rings. The van der Waals surface area contributed by atoms with Crippen molar-refractivity contribution in [1.29, 1.82) is 0 Å². The van der Waals surface area contributed by atoms with E-state index in [4.69, 9.17) is 9.15 Å². The first kappa shape index (κ1) is 17.9. The Balaban J connectivity index is 1.50. The van der Waals surface area contributed by atoms with Gasteiger partial charge in [-0.1, -0.05) is 0 Å². The van der Waals surface area contributed by atoms with Crippen LogP contribution in [-0.2, 0) is 20.9 Å². The largest absolute Gasteiger partial charge is 0.467 e.